The SMILES string of the molecule is CCOc1ccccc1NC(=S)C(=C([O-])c1ccc2c(c1)OCCO2)n1c[n+](C)c2ccccc21. The van der Waals surface area contributed by atoms with Gasteiger partial charge in [0, 0.05) is 0 Å². The van der Waals surface area contributed by atoms with Crippen molar-refractivity contribution < 1.29 is 23.9 Å². The monoisotopic (exact) mass is 487 g/mol. The predicted molar refractivity (Wildman–Crippen MR) is 137 cm³/mol. The van der Waals surface area contributed by atoms with Crippen LogP contribution in [0, 0.1) is 0 Å². The second-order valence-corrected chi connectivity index (χ2v) is 8.41. The standard InChI is InChI=1S/C27H25N3O4S/c1-3-32-22-11-7-4-8-19(22)28-27(35)25(30-17-29(2)20-9-5-6-10-21(20)30)26(31)18-12-13-23-24(16-18)34-15-14-33-23/h4-13,16-17H,3,14-15H2,1-2H3,(H-,28,31,35). The van der Waals surface area contributed by atoms with Gasteiger partial charge in [0.2, 0.25) is 6.33 Å². The molecule has 1 aromatic heterocycles. The molecule has 0 bridgehead atoms. The fraction of sp³-hybridized carbons (Fsp3) is 0.185. The Bertz CT molecular complexity index is 1440. The van der Waals surface area contributed by atoms with Gasteiger partial charge in [0.15, 0.2) is 33.2 Å². The molecule has 0 saturated carbocycles. The maximum absolute atomic E-state index is 14.0. The second kappa shape index (κ2) is 9.68. The first-order valence-corrected chi connectivity index (χ1v) is 11.8. The third-order valence-corrected chi connectivity index (χ3v) is 6.02. The van der Waals surface area contributed by atoms with Gasteiger partial charge in [-0.1, -0.05) is 42.5 Å². The van der Waals surface area contributed by atoms with E-state index in [4.69, 9.17) is 26.4 Å². The van der Waals surface area contributed by atoms with E-state index < -0.39 is 0 Å². The minimum Gasteiger partial charge on any atom is -0.869 e. The number of hydrogen-bond acceptors (Lipinski definition) is 5. The molecule has 0 fully saturated rings. The number of aryl methyl sites for hydroxylation is 1. The van der Waals surface area contributed by atoms with E-state index in [1.165, 1.54) is 0 Å². The van der Waals surface area contributed by atoms with Gasteiger partial charge in [-0.3, -0.25) is 0 Å². The number of benzene rings is 3. The van der Waals surface area contributed by atoms with Gasteiger partial charge in [-0.05, 0) is 54.6 Å². The summed E-state index contributed by atoms with van der Waals surface area (Å²) in [7, 11) is 1.94. The quantitative estimate of drug-likeness (QED) is 0.193. The van der Waals surface area contributed by atoms with Gasteiger partial charge in [-0.25, -0.2) is 4.57 Å². The zero-order chi connectivity index (χ0) is 24.4. The number of hydrogen-bond donors (Lipinski definition) is 1. The molecule has 0 unspecified atom stereocenters. The number of imidazole rings is 1. The zero-order valence-corrected chi connectivity index (χ0v) is 20.3. The number of anilines is 1. The maximum atomic E-state index is 14.0. The number of nitrogens with zero attached hydrogens (tertiary/aromatic N) is 2. The summed E-state index contributed by atoms with van der Waals surface area (Å²) in [5, 5.41) is 17.2. The molecule has 0 amide bonds. The van der Waals surface area contributed by atoms with Crippen LogP contribution in [0.25, 0.3) is 22.5 Å². The second-order valence-electron chi connectivity index (χ2n) is 8.00. The summed E-state index contributed by atoms with van der Waals surface area (Å²) in [4.78, 5) is 0.276. The molecule has 3 aromatic carbocycles. The van der Waals surface area contributed by atoms with Crippen LogP contribution in [-0.2, 0) is 7.05 Å². The molecular formula is C27H25N3O4S. The van der Waals surface area contributed by atoms with Gasteiger partial charge in [0.1, 0.15) is 19.0 Å². The largest absolute Gasteiger partial charge is 0.869 e. The average Bonchev–Trinajstić information content (AvgIpc) is 3.21. The van der Waals surface area contributed by atoms with Crippen LogP contribution in [-0.4, -0.2) is 29.4 Å². The van der Waals surface area contributed by atoms with Crippen LogP contribution in [0.15, 0.2) is 73.1 Å². The Balaban J connectivity index is 1.66. The molecule has 178 valence electrons. The van der Waals surface area contributed by atoms with Crippen molar-refractivity contribution in [2.24, 2.45) is 7.05 Å². The van der Waals surface area contributed by atoms with Gasteiger partial charge < -0.3 is 24.6 Å². The van der Waals surface area contributed by atoms with Crippen molar-refractivity contribution in [3.63, 3.8) is 0 Å². The highest BCUT2D eigenvalue weighted by Crippen LogP contribution is 2.34. The van der Waals surface area contributed by atoms with Crippen LogP contribution in [0.1, 0.15) is 12.5 Å². The van der Waals surface area contributed by atoms with E-state index in [2.05, 4.69) is 5.32 Å². The molecular weight excluding hydrogens is 462 g/mol. The normalized spacial score (nSPS) is 13.3. The number of rotatable bonds is 6. The summed E-state index contributed by atoms with van der Waals surface area (Å²) in [5.41, 5.74) is 3.29. The molecule has 4 aromatic rings. The van der Waals surface area contributed by atoms with Crippen molar-refractivity contribution in [2.75, 3.05) is 25.1 Å². The van der Waals surface area contributed by atoms with Gasteiger partial charge in [-0.2, -0.15) is 4.57 Å². The molecule has 1 aliphatic rings. The lowest BCUT2D eigenvalue weighted by molar-refractivity contribution is -0.645. The maximum Gasteiger partial charge on any atom is 0.249 e. The summed E-state index contributed by atoms with van der Waals surface area (Å²) in [6.07, 6.45) is 1.86. The Morgan fingerprint density at radius 1 is 1.06 bits per heavy atom. The highest BCUT2D eigenvalue weighted by molar-refractivity contribution is 7.81. The first-order valence-electron chi connectivity index (χ1n) is 11.4. The molecule has 0 saturated heterocycles. The van der Waals surface area contributed by atoms with E-state index in [-0.39, 0.29) is 10.7 Å². The van der Waals surface area contributed by atoms with E-state index in [1.807, 2.05) is 78.0 Å². The number of ether oxygens (including phenoxy) is 3. The molecule has 5 rings (SSSR count). The van der Waals surface area contributed by atoms with Crippen molar-refractivity contribution in [3.05, 3.63) is 78.6 Å². The van der Waals surface area contributed by atoms with Crippen molar-refractivity contribution in [2.45, 2.75) is 6.92 Å². The van der Waals surface area contributed by atoms with Crippen molar-refractivity contribution in [1.29, 1.82) is 0 Å². The Hall–Kier alpha value is -4.04. The molecule has 7 nitrogen and oxygen atoms in total. The number of fused-ring (bicyclic) bond motifs is 2. The molecule has 0 spiro atoms. The van der Waals surface area contributed by atoms with Crippen LogP contribution in [0.2, 0.25) is 0 Å². The topological polar surface area (TPSA) is 71.6 Å². The highest BCUT2D eigenvalue weighted by Gasteiger charge is 2.23. The molecule has 8 heteroatoms. The fourth-order valence-electron chi connectivity index (χ4n) is 4.12. The lowest BCUT2D eigenvalue weighted by Gasteiger charge is -2.23. The summed E-state index contributed by atoms with van der Waals surface area (Å²) in [6, 6.07) is 20.6. The van der Waals surface area contributed by atoms with Crippen LogP contribution in [0.5, 0.6) is 17.2 Å². The average molecular weight is 488 g/mol. The van der Waals surface area contributed by atoms with Crippen LogP contribution >= 0.6 is 12.2 Å². The summed E-state index contributed by atoms with van der Waals surface area (Å²) in [6.45, 7) is 3.35. The lowest BCUT2D eigenvalue weighted by atomic mass is 10.1. The van der Waals surface area contributed by atoms with Gasteiger partial charge >= 0.3 is 0 Å². The molecule has 2 heterocycles. The van der Waals surface area contributed by atoms with Crippen LogP contribution < -0.4 is 29.2 Å². The Morgan fingerprint density at radius 3 is 2.63 bits per heavy atom. The fourth-order valence-corrected chi connectivity index (χ4v) is 4.42. The van der Waals surface area contributed by atoms with Crippen LogP contribution in [0.4, 0.5) is 5.69 Å². The minimum absolute atomic E-state index is 0.241. The van der Waals surface area contributed by atoms with Gasteiger partial charge in [-0.15, -0.1) is 0 Å². The Labute approximate surface area is 208 Å². The number of aromatic nitrogens is 2. The van der Waals surface area contributed by atoms with Crippen LogP contribution in [0.3, 0.4) is 0 Å². The Kier molecular flexibility index (Phi) is 6.29. The highest BCUT2D eigenvalue weighted by atomic mass is 32.1. The molecule has 0 atom stereocenters. The molecule has 0 radical (unpaired) electrons. The summed E-state index contributed by atoms with van der Waals surface area (Å²) < 4.78 is 20.9. The van der Waals surface area contributed by atoms with E-state index in [1.54, 1.807) is 18.2 Å². The van der Waals surface area contributed by atoms with Crippen molar-refractivity contribution in [3.8, 4) is 17.2 Å². The molecule has 1 aliphatic heterocycles. The summed E-state index contributed by atoms with van der Waals surface area (Å²) in [5.74, 6) is 1.59. The van der Waals surface area contributed by atoms with E-state index in [9.17, 15) is 5.11 Å². The molecule has 35 heavy (non-hydrogen) atoms. The van der Waals surface area contributed by atoms with Gasteiger partial charge in [0.05, 0.1) is 19.3 Å². The van der Waals surface area contributed by atoms with Crippen molar-refractivity contribution >= 4 is 45.4 Å². The minimum atomic E-state index is -0.241. The Morgan fingerprint density at radius 2 is 1.80 bits per heavy atom. The lowest BCUT2D eigenvalue weighted by Crippen LogP contribution is -2.27. The predicted octanol–water partition coefficient (Wildman–Crippen LogP) is 3.76. The first-order chi connectivity index (χ1) is 17.1. The van der Waals surface area contributed by atoms with Crippen molar-refractivity contribution in [1.82, 2.24) is 4.57 Å². The van der Waals surface area contributed by atoms with E-state index >= 15 is 0 Å². The van der Waals surface area contributed by atoms with E-state index in [0.29, 0.717) is 54.0 Å². The number of nitrogens with one attached hydrogen (secondary N) is 1. The zero-order valence-electron chi connectivity index (χ0n) is 19.5. The third-order valence-electron chi connectivity index (χ3n) is 5.72. The molecule has 1 N–H and O–H groups in total. The third kappa shape index (κ3) is 4.40. The smallest absolute Gasteiger partial charge is 0.249 e. The number of thiocarbonyl (C=S) groups is 1. The summed E-state index contributed by atoms with van der Waals surface area (Å²) >= 11 is 5.84. The number of para-hydroxylation sites is 4. The first kappa shape index (κ1) is 22.7. The van der Waals surface area contributed by atoms with Gasteiger partial charge in [0.25, 0.3) is 0 Å². The molecule has 0 aliphatic carbocycles. The van der Waals surface area contributed by atoms with E-state index in [0.717, 1.165) is 11.0 Å².